The molecule has 3 N–H and O–H groups in total. The van der Waals surface area contributed by atoms with E-state index >= 15 is 0 Å². The molecule has 1 aromatic heterocycles. The third kappa shape index (κ3) is 3.55. The minimum Gasteiger partial charge on any atom is -0.481 e. The normalized spacial score (nSPS) is 11.9. The molecule has 5 nitrogen and oxygen atoms in total. The Bertz CT molecular complexity index is 322. The highest BCUT2D eigenvalue weighted by Crippen LogP contribution is 2.05. The summed E-state index contributed by atoms with van der Waals surface area (Å²) >= 11 is 0. The van der Waals surface area contributed by atoms with Crippen LogP contribution in [0.2, 0.25) is 0 Å². The average molecular weight is 209 g/mol. The van der Waals surface area contributed by atoms with Gasteiger partial charge in [-0.2, -0.15) is 0 Å². The number of aromatic nitrogens is 1. The van der Waals surface area contributed by atoms with E-state index in [1.807, 2.05) is 6.07 Å². The van der Waals surface area contributed by atoms with Gasteiger partial charge in [-0.05, 0) is 12.5 Å². The molecule has 0 saturated carbocycles. The van der Waals surface area contributed by atoms with E-state index in [0.29, 0.717) is 12.4 Å². The van der Waals surface area contributed by atoms with Crippen LogP contribution in [0.3, 0.4) is 0 Å². The summed E-state index contributed by atoms with van der Waals surface area (Å²) in [4.78, 5) is 15.2. The summed E-state index contributed by atoms with van der Waals surface area (Å²) in [5.41, 5.74) is 6.31. The number of rotatable bonds is 4. The highest BCUT2D eigenvalue weighted by molar-refractivity contribution is 5.80. The van der Waals surface area contributed by atoms with Crippen LogP contribution in [-0.4, -0.2) is 24.0 Å². The lowest BCUT2D eigenvalue weighted by Crippen LogP contribution is -2.37. The molecule has 5 heteroatoms. The smallest absolute Gasteiger partial charge is 0.236 e. The van der Waals surface area contributed by atoms with Crippen LogP contribution in [0.4, 0.5) is 0 Å². The Morgan fingerprint density at radius 1 is 1.67 bits per heavy atom. The van der Waals surface area contributed by atoms with Gasteiger partial charge < -0.3 is 15.8 Å². The summed E-state index contributed by atoms with van der Waals surface area (Å²) in [6.07, 6.45) is 1.65. The lowest BCUT2D eigenvalue weighted by atomic mass is 10.2. The first-order valence-corrected chi connectivity index (χ1v) is 4.65. The van der Waals surface area contributed by atoms with Crippen LogP contribution in [0.15, 0.2) is 18.3 Å². The lowest BCUT2D eigenvalue weighted by molar-refractivity contribution is -0.122. The summed E-state index contributed by atoms with van der Waals surface area (Å²) in [6, 6.07) is 3.09. The molecule has 1 rings (SSSR count). The van der Waals surface area contributed by atoms with Gasteiger partial charge in [-0.25, -0.2) is 4.98 Å². The second-order valence-electron chi connectivity index (χ2n) is 3.22. The Hall–Kier alpha value is -1.62. The van der Waals surface area contributed by atoms with Crippen LogP contribution in [0.25, 0.3) is 0 Å². The second-order valence-corrected chi connectivity index (χ2v) is 3.22. The topological polar surface area (TPSA) is 77.2 Å². The molecule has 0 aromatic carbocycles. The molecular weight excluding hydrogens is 194 g/mol. The SMILES string of the molecule is COc1ccc(CNC(=O)[C@@H](C)N)cn1. The van der Waals surface area contributed by atoms with Crippen LogP contribution in [0.5, 0.6) is 5.88 Å². The maximum atomic E-state index is 11.2. The Labute approximate surface area is 88.6 Å². The van der Waals surface area contributed by atoms with Gasteiger partial charge in [0.05, 0.1) is 13.2 Å². The number of nitrogens with one attached hydrogen (secondary N) is 1. The van der Waals surface area contributed by atoms with Gasteiger partial charge in [-0.3, -0.25) is 4.79 Å². The van der Waals surface area contributed by atoms with Gasteiger partial charge in [-0.15, -0.1) is 0 Å². The molecule has 0 unspecified atom stereocenters. The number of carbonyl (C=O) groups is 1. The molecule has 0 aliphatic carbocycles. The molecule has 82 valence electrons. The predicted octanol–water partition coefficient (Wildman–Crippen LogP) is 0.0536. The summed E-state index contributed by atoms with van der Waals surface area (Å²) in [6.45, 7) is 2.07. The van der Waals surface area contributed by atoms with Gasteiger partial charge in [0.25, 0.3) is 0 Å². The van der Waals surface area contributed by atoms with Crippen LogP contribution < -0.4 is 15.8 Å². The Balaban J connectivity index is 2.47. The van der Waals surface area contributed by atoms with Gasteiger partial charge in [0.15, 0.2) is 0 Å². The highest BCUT2D eigenvalue weighted by atomic mass is 16.5. The van der Waals surface area contributed by atoms with Crippen molar-refractivity contribution in [2.75, 3.05) is 7.11 Å². The Kier molecular flexibility index (Phi) is 4.05. The molecule has 1 atom stereocenters. The number of nitrogens with zero attached hydrogens (tertiary/aromatic N) is 1. The van der Waals surface area contributed by atoms with Crippen molar-refractivity contribution in [3.05, 3.63) is 23.9 Å². The van der Waals surface area contributed by atoms with Crippen molar-refractivity contribution in [2.45, 2.75) is 19.5 Å². The molecule has 1 aromatic rings. The fraction of sp³-hybridized carbons (Fsp3) is 0.400. The van der Waals surface area contributed by atoms with E-state index in [1.165, 1.54) is 0 Å². The molecule has 0 fully saturated rings. The summed E-state index contributed by atoms with van der Waals surface area (Å²) in [5.74, 6) is 0.378. The lowest BCUT2D eigenvalue weighted by Gasteiger charge is -2.07. The van der Waals surface area contributed by atoms with Crippen LogP contribution in [0.1, 0.15) is 12.5 Å². The monoisotopic (exact) mass is 209 g/mol. The number of amides is 1. The van der Waals surface area contributed by atoms with Crippen molar-refractivity contribution in [3.8, 4) is 5.88 Å². The van der Waals surface area contributed by atoms with Crippen LogP contribution in [0, 0.1) is 0 Å². The third-order valence-electron chi connectivity index (χ3n) is 1.89. The zero-order chi connectivity index (χ0) is 11.3. The molecule has 0 bridgehead atoms. The van der Waals surface area contributed by atoms with Crippen molar-refractivity contribution in [2.24, 2.45) is 5.73 Å². The number of pyridine rings is 1. The molecule has 1 heterocycles. The first-order chi connectivity index (χ1) is 7.13. The van der Waals surface area contributed by atoms with E-state index in [0.717, 1.165) is 5.56 Å². The van der Waals surface area contributed by atoms with E-state index in [2.05, 4.69) is 10.3 Å². The first kappa shape index (κ1) is 11.5. The maximum Gasteiger partial charge on any atom is 0.236 e. The van der Waals surface area contributed by atoms with Crippen molar-refractivity contribution < 1.29 is 9.53 Å². The molecule has 15 heavy (non-hydrogen) atoms. The molecule has 0 aliphatic rings. The van der Waals surface area contributed by atoms with Gasteiger partial charge in [-0.1, -0.05) is 6.07 Å². The van der Waals surface area contributed by atoms with E-state index in [-0.39, 0.29) is 5.91 Å². The van der Waals surface area contributed by atoms with E-state index < -0.39 is 6.04 Å². The highest BCUT2D eigenvalue weighted by Gasteiger charge is 2.06. The van der Waals surface area contributed by atoms with Gasteiger partial charge in [0, 0.05) is 18.8 Å². The molecular formula is C10H15N3O2. The Morgan fingerprint density at radius 3 is 2.87 bits per heavy atom. The zero-order valence-electron chi connectivity index (χ0n) is 8.86. The standard InChI is InChI=1S/C10H15N3O2/c1-7(11)10(14)13-6-8-3-4-9(15-2)12-5-8/h3-5,7H,6,11H2,1-2H3,(H,13,14)/t7-/m1/s1. The van der Waals surface area contributed by atoms with E-state index in [4.69, 9.17) is 10.5 Å². The molecule has 1 amide bonds. The molecule has 0 saturated heterocycles. The largest absolute Gasteiger partial charge is 0.481 e. The van der Waals surface area contributed by atoms with E-state index in [9.17, 15) is 4.79 Å². The zero-order valence-corrected chi connectivity index (χ0v) is 8.86. The fourth-order valence-electron chi connectivity index (χ4n) is 0.986. The summed E-state index contributed by atoms with van der Waals surface area (Å²) in [5, 5.41) is 2.69. The van der Waals surface area contributed by atoms with Gasteiger partial charge in [0.1, 0.15) is 0 Å². The molecule has 0 aliphatic heterocycles. The van der Waals surface area contributed by atoms with Crippen LogP contribution in [-0.2, 0) is 11.3 Å². The predicted molar refractivity (Wildman–Crippen MR) is 56.3 cm³/mol. The molecule has 0 spiro atoms. The summed E-state index contributed by atoms with van der Waals surface area (Å²) < 4.78 is 4.91. The summed E-state index contributed by atoms with van der Waals surface area (Å²) in [7, 11) is 1.56. The average Bonchev–Trinajstić information content (AvgIpc) is 2.26. The van der Waals surface area contributed by atoms with Crippen molar-refractivity contribution in [1.29, 1.82) is 0 Å². The van der Waals surface area contributed by atoms with Gasteiger partial charge in [0.2, 0.25) is 11.8 Å². The first-order valence-electron chi connectivity index (χ1n) is 4.65. The fourth-order valence-corrected chi connectivity index (χ4v) is 0.986. The number of ether oxygens (including phenoxy) is 1. The minimum absolute atomic E-state index is 0.175. The Morgan fingerprint density at radius 2 is 2.40 bits per heavy atom. The maximum absolute atomic E-state index is 11.2. The quantitative estimate of drug-likeness (QED) is 0.734. The number of carbonyl (C=O) groups excluding carboxylic acids is 1. The van der Waals surface area contributed by atoms with Crippen molar-refractivity contribution >= 4 is 5.91 Å². The minimum atomic E-state index is -0.490. The van der Waals surface area contributed by atoms with Crippen molar-refractivity contribution in [3.63, 3.8) is 0 Å². The van der Waals surface area contributed by atoms with E-state index in [1.54, 1.807) is 26.3 Å². The number of hydrogen-bond donors (Lipinski definition) is 2. The molecule has 0 radical (unpaired) electrons. The number of nitrogens with two attached hydrogens (primary N) is 1. The van der Waals surface area contributed by atoms with Gasteiger partial charge >= 0.3 is 0 Å². The number of methoxy groups -OCH3 is 1. The third-order valence-corrected chi connectivity index (χ3v) is 1.89. The van der Waals surface area contributed by atoms with Crippen molar-refractivity contribution in [1.82, 2.24) is 10.3 Å². The number of hydrogen-bond acceptors (Lipinski definition) is 4. The van der Waals surface area contributed by atoms with Crippen LogP contribution >= 0.6 is 0 Å². The second kappa shape index (κ2) is 5.31.